The van der Waals surface area contributed by atoms with E-state index in [0.717, 1.165) is 10.2 Å². The summed E-state index contributed by atoms with van der Waals surface area (Å²) in [6.45, 7) is 2.18. The van der Waals surface area contributed by atoms with Crippen LogP contribution < -0.4 is 5.32 Å². The minimum Gasteiger partial charge on any atom is -0.467 e. The molecule has 0 saturated heterocycles. The standard InChI is InChI=1S/C18H18BrNO2/c1-18(12-6-4-3-5-7-12)11-16(17(21)22-2)20-15-9-8-13(19)10-14(15)18/h3-10,16,20H,11H2,1-2H3. The Kier molecular flexibility index (Phi) is 3.96. The molecule has 0 fully saturated rings. The van der Waals surface area contributed by atoms with Crippen molar-refractivity contribution in [2.24, 2.45) is 0 Å². The molecule has 2 aromatic carbocycles. The minimum atomic E-state index is -0.344. The van der Waals surface area contributed by atoms with Gasteiger partial charge in [0.2, 0.25) is 0 Å². The topological polar surface area (TPSA) is 38.3 Å². The van der Waals surface area contributed by atoms with Crippen molar-refractivity contribution in [1.29, 1.82) is 0 Å². The number of carbonyl (C=O) groups excluding carboxylic acids is 1. The highest BCUT2D eigenvalue weighted by Crippen LogP contribution is 2.45. The molecule has 4 heteroatoms. The number of hydrogen-bond donors (Lipinski definition) is 1. The van der Waals surface area contributed by atoms with Gasteiger partial charge >= 0.3 is 5.97 Å². The van der Waals surface area contributed by atoms with E-state index in [1.165, 1.54) is 18.2 Å². The van der Waals surface area contributed by atoms with Gasteiger partial charge in [-0.2, -0.15) is 0 Å². The van der Waals surface area contributed by atoms with Crippen LogP contribution in [0, 0.1) is 0 Å². The van der Waals surface area contributed by atoms with Crippen LogP contribution in [0.2, 0.25) is 0 Å². The first kappa shape index (κ1) is 15.1. The number of halogens is 1. The number of carbonyl (C=O) groups is 1. The van der Waals surface area contributed by atoms with Gasteiger partial charge in [-0.3, -0.25) is 0 Å². The smallest absolute Gasteiger partial charge is 0.328 e. The van der Waals surface area contributed by atoms with Crippen LogP contribution >= 0.6 is 15.9 Å². The van der Waals surface area contributed by atoms with Crippen LogP contribution in [0.25, 0.3) is 0 Å². The zero-order chi connectivity index (χ0) is 15.7. The summed E-state index contributed by atoms with van der Waals surface area (Å²) in [5.74, 6) is -0.226. The first-order valence-corrected chi connectivity index (χ1v) is 8.04. The van der Waals surface area contributed by atoms with Gasteiger partial charge in [0.1, 0.15) is 6.04 Å². The molecule has 1 aliphatic rings. The van der Waals surface area contributed by atoms with Crippen LogP contribution in [0.1, 0.15) is 24.5 Å². The Morgan fingerprint density at radius 3 is 2.68 bits per heavy atom. The summed E-state index contributed by atoms with van der Waals surface area (Å²) in [7, 11) is 1.43. The molecule has 114 valence electrons. The summed E-state index contributed by atoms with van der Waals surface area (Å²) >= 11 is 3.55. The molecule has 0 bridgehead atoms. The van der Waals surface area contributed by atoms with Crippen LogP contribution in [0.3, 0.4) is 0 Å². The fourth-order valence-electron chi connectivity index (χ4n) is 3.22. The molecule has 0 spiro atoms. The fourth-order valence-corrected chi connectivity index (χ4v) is 3.58. The zero-order valence-electron chi connectivity index (χ0n) is 12.6. The fraction of sp³-hybridized carbons (Fsp3) is 0.278. The van der Waals surface area contributed by atoms with E-state index < -0.39 is 0 Å². The average Bonchev–Trinajstić information content (AvgIpc) is 2.55. The van der Waals surface area contributed by atoms with Crippen molar-refractivity contribution in [2.75, 3.05) is 12.4 Å². The summed E-state index contributed by atoms with van der Waals surface area (Å²) in [4.78, 5) is 12.1. The Labute approximate surface area is 138 Å². The average molecular weight is 360 g/mol. The Bertz CT molecular complexity index is 701. The maximum atomic E-state index is 12.1. The minimum absolute atomic E-state index is 0.226. The first-order chi connectivity index (χ1) is 10.5. The van der Waals surface area contributed by atoms with Gasteiger partial charge in [-0.25, -0.2) is 4.79 Å². The van der Waals surface area contributed by atoms with Crippen molar-refractivity contribution in [2.45, 2.75) is 24.8 Å². The van der Waals surface area contributed by atoms with E-state index in [1.807, 2.05) is 30.3 Å². The number of nitrogens with one attached hydrogen (secondary N) is 1. The Hall–Kier alpha value is -1.81. The predicted octanol–water partition coefficient (Wildman–Crippen LogP) is 4.11. The van der Waals surface area contributed by atoms with Gasteiger partial charge in [0.05, 0.1) is 7.11 Å². The van der Waals surface area contributed by atoms with E-state index in [0.29, 0.717) is 6.42 Å². The Morgan fingerprint density at radius 2 is 2.00 bits per heavy atom. The second kappa shape index (κ2) is 5.76. The number of benzene rings is 2. The molecule has 1 N–H and O–H groups in total. The van der Waals surface area contributed by atoms with Crippen molar-refractivity contribution in [3.63, 3.8) is 0 Å². The molecule has 0 aromatic heterocycles. The molecule has 1 heterocycles. The van der Waals surface area contributed by atoms with Crippen LogP contribution in [0.4, 0.5) is 5.69 Å². The van der Waals surface area contributed by atoms with Gasteiger partial charge in [-0.05, 0) is 35.7 Å². The lowest BCUT2D eigenvalue weighted by Gasteiger charge is -2.40. The van der Waals surface area contributed by atoms with Gasteiger partial charge in [0, 0.05) is 15.6 Å². The summed E-state index contributed by atoms with van der Waals surface area (Å²) in [5.41, 5.74) is 3.12. The lowest BCUT2D eigenvalue weighted by molar-refractivity contribution is -0.142. The van der Waals surface area contributed by atoms with Crippen molar-refractivity contribution in [3.8, 4) is 0 Å². The van der Waals surface area contributed by atoms with Crippen molar-refractivity contribution < 1.29 is 9.53 Å². The lowest BCUT2D eigenvalue weighted by Crippen LogP contribution is -2.43. The number of methoxy groups -OCH3 is 1. The molecule has 2 aromatic rings. The van der Waals surface area contributed by atoms with Crippen molar-refractivity contribution in [3.05, 3.63) is 64.1 Å². The van der Waals surface area contributed by atoms with E-state index in [1.54, 1.807) is 0 Å². The van der Waals surface area contributed by atoms with Crippen LogP contribution in [0.15, 0.2) is 53.0 Å². The molecule has 0 saturated carbocycles. The third-order valence-corrected chi connectivity index (χ3v) is 4.91. The molecule has 2 unspecified atom stereocenters. The molecular weight excluding hydrogens is 342 g/mol. The molecule has 1 aliphatic heterocycles. The number of rotatable bonds is 2. The maximum absolute atomic E-state index is 12.1. The summed E-state index contributed by atoms with van der Waals surface area (Å²) in [6.07, 6.45) is 0.660. The lowest BCUT2D eigenvalue weighted by atomic mass is 9.69. The first-order valence-electron chi connectivity index (χ1n) is 7.24. The maximum Gasteiger partial charge on any atom is 0.328 e. The molecule has 3 rings (SSSR count). The van der Waals surface area contributed by atoms with Gasteiger partial charge in [-0.15, -0.1) is 0 Å². The third-order valence-electron chi connectivity index (χ3n) is 4.41. The summed E-state index contributed by atoms with van der Waals surface area (Å²) < 4.78 is 5.98. The van der Waals surface area contributed by atoms with Crippen LogP contribution in [-0.2, 0) is 14.9 Å². The van der Waals surface area contributed by atoms with Crippen molar-refractivity contribution >= 4 is 27.6 Å². The van der Waals surface area contributed by atoms with Gasteiger partial charge in [0.15, 0.2) is 0 Å². The largest absolute Gasteiger partial charge is 0.467 e. The van der Waals surface area contributed by atoms with Gasteiger partial charge in [0.25, 0.3) is 0 Å². The van der Waals surface area contributed by atoms with E-state index >= 15 is 0 Å². The van der Waals surface area contributed by atoms with E-state index in [2.05, 4.69) is 46.4 Å². The molecular formula is C18H18BrNO2. The van der Waals surface area contributed by atoms with Gasteiger partial charge < -0.3 is 10.1 Å². The van der Waals surface area contributed by atoms with E-state index in [4.69, 9.17) is 4.74 Å². The molecule has 0 amide bonds. The highest BCUT2D eigenvalue weighted by atomic mass is 79.9. The number of fused-ring (bicyclic) bond motifs is 1. The number of hydrogen-bond acceptors (Lipinski definition) is 3. The van der Waals surface area contributed by atoms with E-state index in [9.17, 15) is 4.79 Å². The Balaban J connectivity index is 2.15. The third kappa shape index (κ3) is 2.52. The predicted molar refractivity (Wildman–Crippen MR) is 91.1 cm³/mol. The molecule has 0 aliphatic carbocycles. The highest BCUT2D eigenvalue weighted by Gasteiger charge is 2.40. The molecule has 22 heavy (non-hydrogen) atoms. The Morgan fingerprint density at radius 1 is 1.27 bits per heavy atom. The molecule has 0 radical (unpaired) electrons. The highest BCUT2D eigenvalue weighted by molar-refractivity contribution is 9.10. The number of ether oxygens (including phenoxy) is 1. The van der Waals surface area contributed by atoms with Gasteiger partial charge in [-0.1, -0.05) is 53.2 Å². The molecule has 2 atom stereocenters. The monoisotopic (exact) mass is 359 g/mol. The number of anilines is 1. The quantitative estimate of drug-likeness (QED) is 0.819. The normalized spacial score (nSPS) is 23.3. The second-order valence-corrected chi connectivity index (χ2v) is 6.73. The SMILES string of the molecule is COC(=O)C1CC(C)(c2ccccc2)c2cc(Br)ccc2N1. The summed E-state index contributed by atoms with van der Waals surface area (Å²) in [5, 5.41) is 3.30. The molecule has 3 nitrogen and oxygen atoms in total. The second-order valence-electron chi connectivity index (χ2n) is 5.81. The van der Waals surface area contributed by atoms with Crippen LogP contribution in [0.5, 0.6) is 0 Å². The van der Waals surface area contributed by atoms with E-state index in [-0.39, 0.29) is 17.4 Å². The zero-order valence-corrected chi connectivity index (χ0v) is 14.2. The van der Waals surface area contributed by atoms with Crippen LogP contribution in [-0.4, -0.2) is 19.1 Å². The van der Waals surface area contributed by atoms with Crippen molar-refractivity contribution in [1.82, 2.24) is 0 Å². The summed E-state index contributed by atoms with van der Waals surface area (Å²) in [6, 6.07) is 16.1. The number of esters is 1.